The van der Waals surface area contributed by atoms with Crippen LogP contribution in [0.15, 0.2) is 75.0 Å². The fraction of sp³-hybridized carbons (Fsp3) is 0.259. The first-order valence-corrected chi connectivity index (χ1v) is 13.2. The van der Waals surface area contributed by atoms with Gasteiger partial charge in [0.15, 0.2) is 0 Å². The molecule has 0 saturated heterocycles. The van der Waals surface area contributed by atoms with Gasteiger partial charge in [0.05, 0.1) is 43.4 Å². The molecule has 0 radical (unpaired) electrons. The van der Waals surface area contributed by atoms with Gasteiger partial charge in [0.2, 0.25) is 11.8 Å². The Kier molecular flexibility index (Phi) is 8.62. The van der Waals surface area contributed by atoms with Crippen molar-refractivity contribution in [3.05, 3.63) is 78.0 Å². The fourth-order valence-electron chi connectivity index (χ4n) is 3.78. The second-order valence-corrected chi connectivity index (χ2v) is 10.1. The molecule has 0 aliphatic carbocycles. The number of oxazole rings is 1. The van der Waals surface area contributed by atoms with Crippen LogP contribution in [0.25, 0.3) is 28.7 Å². The van der Waals surface area contributed by atoms with Crippen molar-refractivity contribution >= 4 is 22.0 Å². The highest BCUT2D eigenvalue weighted by Crippen LogP contribution is 2.36. The summed E-state index contributed by atoms with van der Waals surface area (Å²) in [5.74, 6) is 0.536. The first-order valence-electron chi connectivity index (χ1n) is 11.7. The van der Waals surface area contributed by atoms with Crippen molar-refractivity contribution in [2.45, 2.75) is 18.7 Å². The molecule has 0 spiro atoms. The summed E-state index contributed by atoms with van der Waals surface area (Å²) in [5, 5.41) is 3.95. The smallest absolute Gasteiger partial charge is 0.269 e. The topological polar surface area (TPSA) is 117 Å². The van der Waals surface area contributed by atoms with Crippen LogP contribution >= 0.6 is 0 Å². The molecule has 4 aromatic rings. The molecule has 0 atom stereocenters. The van der Waals surface area contributed by atoms with Crippen molar-refractivity contribution < 1.29 is 31.6 Å². The molecule has 2 heterocycles. The zero-order valence-corrected chi connectivity index (χ0v) is 22.4. The maximum atomic E-state index is 14.2. The minimum absolute atomic E-state index is 0.0692. The number of nitrogens with zero attached hydrogens (tertiary/aromatic N) is 3. The monoisotopic (exact) mass is 539 g/mol. The van der Waals surface area contributed by atoms with Crippen LogP contribution in [0.2, 0.25) is 0 Å². The summed E-state index contributed by atoms with van der Waals surface area (Å²) in [7, 11) is -1.09. The highest BCUT2D eigenvalue weighted by atomic mass is 32.2. The fourth-order valence-corrected chi connectivity index (χ4v) is 5.33. The number of benzene rings is 2. The van der Waals surface area contributed by atoms with Gasteiger partial charge < -0.3 is 23.2 Å². The molecule has 0 saturated carbocycles. The van der Waals surface area contributed by atoms with Gasteiger partial charge in [-0.15, -0.1) is 0 Å². The highest BCUT2D eigenvalue weighted by Gasteiger charge is 2.32. The summed E-state index contributed by atoms with van der Waals surface area (Å²) < 4.78 is 56.2. The first-order chi connectivity index (χ1) is 18.4. The Morgan fingerprint density at radius 2 is 1.87 bits per heavy atom. The van der Waals surface area contributed by atoms with Gasteiger partial charge in [-0.2, -0.15) is 0 Å². The number of hydrogen-bond acceptors (Lipinski definition) is 9. The van der Waals surface area contributed by atoms with Crippen LogP contribution in [0.1, 0.15) is 16.8 Å². The van der Waals surface area contributed by atoms with Crippen molar-refractivity contribution in [2.24, 2.45) is 0 Å². The van der Waals surface area contributed by atoms with Gasteiger partial charge in [-0.1, -0.05) is 29.4 Å². The number of ether oxygens (including phenoxy) is 3. The Morgan fingerprint density at radius 1 is 1.05 bits per heavy atom. The van der Waals surface area contributed by atoms with E-state index < -0.39 is 10.0 Å². The highest BCUT2D eigenvalue weighted by molar-refractivity contribution is 7.93. The van der Waals surface area contributed by atoms with E-state index in [0.717, 1.165) is 9.87 Å². The predicted molar refractivity (Wildman–Crippen MR) is 142 cm³/mol. The summed E-state index contributed by atoms with van der Waals surface area (Å²) in [6, 6.07) is 12.3. The number of hydrogen-bond donors (Lipinski definition) is 0. The van der Waals surface area contributed by atoms with E-state index in [4.69, 9.17) is 23.2 Å². The van der Waals surface area contributed by atoms with Gasteiger partial charge >= 0.3 is 0 Å². The van der Waals surface area contributed by atoms with E-state index >= 15 is 0 Å². The van der Waals surface area contributed by atoms with Crippen LogP contribution in [0.4, 0.5) is 5.88 Å². The average Bonchev–Trinajstić information content (AvgIpc) is 3.58. The second-order valence-electron chi connectivity index (χ2n) is 8.26. The van der Waals surface area contributed by atoms with E-state index in [1.807, 2.05) is 18.2 Å². The maximum Gasteiger partial charge on any atom is 0.269 e. The van der Waals surface area contributed by atoms with E-state index in [1.165, 1.54) is 19.6 Å². The number of methoxy groups -OCH3 is 2. The summed E-state index contributed by atoms with van der Waals surface area (Å²) in [6.45, 7) is 3.72. The van der Waals surface area contributed by atoms with Crippen molar-refractivity contribution in [2.75, 3.05) is 38.5 Å². The van der Waals surface area contributed by atoms with Crippen molar-refractivity contribution in [3.63, 3.8) is 0 Å². The quantitative estimate of drug-likeness (QED) is 0.138. The van der Waals surface area contributed by atoms with Gasteiger partial charge in [0.25, 0.3) is 10.0 Å². The molecule has 0 amide bonds. The molecule has 0 aliphatic heterocycles. The lowest BCUT2D eigenvalue weighted by Gasteiger charge is -2.23. The molecule has 0 N–H and O–H groups in total. The number of anilines is 1. The lowest BCUT2D eigenvalue weighted by molar-refractivity contribution is 0.0744. The van der Waals surface area contributed by atoms with Gasteiger partial charge in [-0.05, 0) is 49.2 Å². The predicted octanol–water partition coefficient (Wildman–Crippen LogP) is 5.05. The molecule has 10 nitrogen and oxygen atoms in total. The van der Waals surface area contributed by atoms with E-state index in [2.05, 4.69) is 10.1 Å². The van der Waals surface area contributed by atoms with E-state index in [0.29, 0.717) is 40.4 Å². The largest absolute Gasteiger partial charge is 0.504 e. The summed E-state index contributed by atoms with van der Waals surface area (Å²) in [4.78, 5) is 4.28. The molecule has 38 heavy (non-hydrogen) atoms. The van der Waals surface area contributed by atoms with Crippen LogP contribution in [-0.2, 0) is 24.2 Å². The molecule has 4 rings (SSSR count). The SMILES string of the molecule is COC=Cc1cc(-c2ncco2)ccc1-c1ccccc1S(=O)(=O)N(COCCOC)c1onc(C)c1C. The zero-order valence-electron chi connectivity index (χ0n) is 21.6. The van der Waals surface area contributed by atoms with Crippen molar-refractivity contribution in [1.29, 1.82) is 0 Å². The molecule has 0 fully saturated rings. The third-order valence-electron chi connectivity index (χ3n) is 5.86. The Labute approximate surface area is 221 Å². The molecule has 200 valence electrons. The Hall–Kier alpha value is -3.93. The molecule has 0 unspecified atom stereocenters. The van der Waals surface area contributed by atoms with Crippen LogP contribution < -0.4 is 4.31 Å². The number of sulfonamides is 1. The van der Waals surface area contributed by atoms with Crippen molar-refractivity contribution in [1.82, 2.24) is 10.1 Å². The molecule has 2 aromatic carbocycles. The minimum atomic E-state index is -4.17. The molecule has 0 bridgehead atoms. The number of aromatic nitrogens is 2. The van der Waals surface area contributed by atoms with Gasteiger partial charge in [-0.25, -0.2) is 17.7 Å². The van der Waals surface area contributed by atoms with Gasteiger partial charge in [0.1, 0.15) is 13.0 Å². The first kappa shape index (κ1) is 27.1. The molecule has 2 aromatic heterocycles. The Morgan fingerprint density at radius 3 is 2.55 bits per heavy atom. The summed E-state index contributed by atoms with van der Waals surface area (Å²) in [5.41, 5.74) is 3.77. The van der Waals surface area contributed by atoms with E-state index in [1.54, 1.807) is 57.5 Å². The lowest BCUT2D eigenvalue weighted by atomic mass is 9.97. The van der Waals surface area contributed by atoms with E-state index in [9.17, 15) is 8.42 Å². The van der Waals surface area contributed by atoms with Gasteiger partial charge in [-0.3, -0.25) is 0 Å². The molecule has 0 aliphatic rings. The van der Waals surface area contributed by atoms with Crippen LogP contribution in [0.5, 0.6) is 0 Å². The zero-order chi connectivity index (χ0) is 27.1. The van der Waals surface area contributed by atoms with Gasteiger partial charge in [0, 0.05) is 23.8 Å². The third kappa shape index (κ3) is 5.64. The normalized spacial score (nSPS) is 11.8. The standard InChI is InChI=1S/C27H29N3O7S/c1-19-20(2)29-37-27(19)30(18-35-16-15-34-4)38(31,32)25-8-6-5-7-24(25)23-10-9-22(26-28-12-14-36-26)17-21(23)11-13-33-3/h5-14,17H,15-16,18H2,1-4H3. The minimum Gasteiger partial charge on any atom is -0.504 e. The third-order valence-corrected chi connectivity index (χ3v) is 7.62. The molecular formula is C27H29N3O7S. The summed E-state index contributed by atoms with van der Waals surface area (Å²) in [6.07, 6.45) is 6.32. The van der Waals surface area contributed by atoms with Crippen molar-refractivity contribution in [3.8, 4) is 22.6 Å². The average molecular weight is 540 g/mol. The lowest BCUT2D eigenvalue weighted by Crippen LogP contribution is -2.34. The Balaban J connectivity index is 1.84. The van der Waals surface area contributed by atoms with Crippen LogP contribution in [0, 0.1) is 13.8 Å². The maximum absolute atomic E-state index is 14.2. The molecule has 11 heteroatoms. The van der Waals surface area contributed by atoms with Crippen LogP contribution in [-0.4, -0.2) is 52.7 Å². The second kappa shape index (κ2) is 12.1. The van der Waals surface area contributed by atoms with E-state index in [-0.39, 0.29) is 24.1 Å². The van der Waals surface area contributed by atoms with Crippen LogP contribution in [0.3, 0.4) is 0 Å². The summed E-state index contributed by atoms with van der Waals surface area (Å²) >= 11 is 0. The molecular weight excluding hydrogens is 510 g/mol. The Bertz CT molecular complexity index is 1490. The number of rotatable bonds is 12. The number of aryl methyl sites for hydroxylation is 1.